The largest absolute Gasteiger partial charge is 0.451 e. The summed E-state index contributed by atoms with van der Waals surface area (Å²) in [6.07, 6.45) is -3.56. The molecule has 1 aliphatic heterocycles. The number of fused-ring (bicyclic) bond motifs is 1. The lowest BCUT2D eigenvalue weighted by molar-refractivity contribution is -0.138. The quantitative estimate of drug-likeness (QED) is 0.451. The maximum absolute atomic E-state index is 14.4. The van der Waals surface area contributed by atoms with Crippen LogP contribution in [0.5, 0.6) is 0 Å². The average molecular weight is 478 g/mol. The lowest BCUT2D eigenvalue weighted by Crippen LogP contribution is -2.36. The third-order valence-corrected chi connectivity index (χ3v) is 6.43. The minimum absolute atomic E-state index is 0.0169. The van der Waals surface area contributed by atoms with Crippen LogP contribution in [-0.4, -0.2) is 32.4 Å². The number of rotatable bonds is 4. The van der Waals surface area contributed by atoms with E-state index in [0.29, 0.717) is 11.9 Å². The number of furan rings is 1. The van der Waals surface area contributed by atoms with Crippen LogP contribution in [0.1, 0.15) is 22.5 Å². The SMILES string of the molecule is O=C(NS(=O)(=O)c1cc(C(F)(F)F)cnc1Cl)c1cc2c(F)cc(N3CCC3)cc2o1. The third-order valence-electron chi connectivity index (χ3n) is 4.67. The Bertz CT molecular complexity index is 1300. The first kappa shape index (κ1) is 21.4. The number of carbonyl (C=O) groups excluding carboxylic acids is 1. The van der Waals surface area contributed by atoms with Crippen molar-refractivity contribution in [2.45, 2.75) is 17.5 Å². The first-order valence-electron chi connectivity index (χ1n) is 8.73. The van der Waals surface area contributed by atoms with Gasteiger partial charge in [-0.15, -0.1) is 0 Å². The summed E-state index contributed by atoms with van der Waals surface area (Å²) in [5.41, 5.74) is -0.802. The molecule has 1 fully saturated rings. The van der Waals surface area contributed by atoms with Crippen molar-refractivity contribution in [2.75, 3.05) is 18.0 Å². The Morgan fingerprint density at radius 3 is 2.52 bits per heavy atom. The van der Waals surface area contributed by atoms with Crippen molar-refractivity contribution in [1.29, 1.82) is 0 Å². The number of carbonyl (C=O) groups is 1. The molecule has 1 N–H and O–H groups in total. The number of benzene rings is 1. The minimum Gasteiger partial charge on any atom is -0.451 e. The second-order valence-electron chi connectivity index (χ2n) is 6.74. The van der Waals surface area contributed by atoms with Crippen LogP contribution in [0.4, 0.5) is 23.2 Å². The second-order valence-corrected chi connectivity index (χ2v) is 8.74. The van der Waals surface area contributed by atoms with E-state index in [1.807, 2.05) is 4.90 Å². The first-order valence-corrected chi connectivity index (χ1v) is 10.6. The van der Waals surface area contributed by atoms with Crippen LogP contribution in [-0.2, 0) is 16.2 Å². The van der Waals surface area contributed by atoms with Gasteiger partial charge in [0.15, 0.2) is 5.76 Å². The maximum Gasteiger partial charge on any atom is 0.417 e. The van der Waals surface area contributed by atoms with Gasteiger partial charge >= 0.3 is 12.1 Å². The first-order chi connectivity index (χ1) is 14.5. The fourth-order valence-corrected chi connectivity index (χ4v) is 4.37. The van der Waals surface area contributed by atoms with Gasteiger partial charge in [-0.05, 0) is 18.6 Å². The normalized spacial score (nSPS) is 14.5. The van der Waals surface area contributed by atoms with E-state index in [-0.39, 0.29) is 17.0 Å². The smallest absolute Gasteiger partial charge is 0.417 e. The molecule has 2 aromatic heterocycles. The molecule has 0 spiro atoms. The summed E-state index contributed by atoms with van der Waals surface area (Å²) in [4.78, 5) is 16.5. The number of hydrogen-bond acceptors (Lipinski definition) is 6. The molecule has 1 aromatic carbocycles. The number of nitrogens with one attached hydrogen (secondary N) is 1. The summed E-state index contributed by atoms with van der Waals surface area (Å²) >= 11 is 5.62. The second kappa shape index (κ2) is 7.38. The van der Waals surface area contributed by atoms with Crippen molar-refractivity contribution >= 4 is 44.2 Å². The molecule has 4 rings (SSSR count). The fourth-order valence-electron chi connectivity index (χ4n) is 2.95. The van der Waals surface area contributed by atoms with Gasteiger partial charge in [0.2, 0.25) is 0 Å². The molecule has 0 saturated carbocycles. The zero-order valence-electron chi connectivity index (χ0n) is 15.3. The minimum atomic E-state index is -4.88. The number of anilines is 1. The average Bonchev–Trinajstić information content (AvgIpc) is 3.04. The predicted octanol–water partition coefficient (Wildman–Crippen LogP) is 3.97. The number of pyridine rings is 1. The Hall–Kier alpha value is -2.86. The van der Waals surface area contributed by atoms with E-state index in [2.05, 4.69) is 4.98 Å². The summed E-state index contributed by atoms with van der Waals surface area (Å²) in [5, 5.41) is -0.811. The topological polar surface area (TPSA) is 92.5 Å². The van der Waals surface area contributed by atoms with E-state index in [4.69, 9.17) is 16.0 Å². The van der Waals surface area contributed by atoms with Crippen LogP contribution in [0.25, 0.3) is 11.0 Å². The number of aromatic nitrogens is 1. The van der Waals surface area contributed by atoms with E-state index >= 15 is 0 Å². The highest BCUT2D eigenvalue weighted by Gasteiger charge is 2.34. The molecule has 1 saturated heterocycles. The number of hydrogen-bond donors (Lipinski definition) is 1. The summed E-state index contributed by atoms with van der Waals surface area (Å²) in [6, 6.07) is 4.03. The Kier molecular flexibility index (Phi) is 5.09. The van der Waals surface area contributed by atoms with Crippen LogP contribution < -0.4 is 9.62 Å². The lowest BCUT2D eigenvalue weighted by atomic mass is 10.1. The zero-order chi connectivity index (χ0) is 22.6. The van der Waals surface area contributed by atoms with Crippen molar-refractivity contribution in [1.82, 2.24) is 9.71 Å². The molecule has 164 valence electrons. The molecule has 0 atom stereocenters. The molecular formula is C18H12ClF4N3O4S. The van der Waals surface area contributed by atoms with E-state index in [9.17, 15) is 30.8 Å². The molecule has 13 heteroatoms. The Balaban J connectivity index is 1.64. The summed E-state index contributed by atoms with van der Waals surface area (Å²) in [7, 11) is -4.84. The van der Waals surface area contributed by atoms with Crippen molar-refractivity contribution in [2.24, 2.45) is 0 Å². The van der Waals surface area contributed by atoms with Gasteiger partial charge in [-0.3, -0.25) is 4.79 Å². The maximum atomic E-state index is 14.4. The highest BCUT2D eigenvalue weighted by molar-refractivity contribution is 7.90. The Morgan fingerprint density at radius 2 is 1.90 bits per heavy atom. The number of sulfonamides is 1. The molecular weight excluding hydrogens is 466 g/mol. The molecule has 0 unspecified atom stereocenters. The molecule has 0 aliphatic carbocycles. The number of halogens is 5. The molecule has 31 heavy (non-hydrogen) atoms. The van der Waals surface area contributed by atoms with Crippen molar-refractivity contribution in [3.63, 3.8) is 0 Å². The molecule has 7 nitrogen and oxygen atoms in total. The Labute approximate surface area is 177 Å². The van der Waals surface area contributed by atoms with E-state index in [0.717, 1.165) is 25.6 Å². The standard InChI is InChI=1S/C18H12ClF4N3O4S/c19-16-15(4-9(8-24-16)18(21,22)23)31(28,29)25-17(27)14-7-11-12(20)5-10(6-13(11)30-14)26-2-1-3-26/h4-8H,1-3H2,(H,25,27). The van der Waals surface area contributed by atoms with Crippen molar-refractivity contribution in [3.8, 4) is 0 Å². The van der Waals surface area contributed by atoms with Gasteiger partial charge in [0.1, 0.15) is 21.4 Å². The van der Waals surface area contributed by atoms with E-state index in [1.165, 1.54) is 12.1 Å². The molecule has 0 radical (unpaired) electrons. The Morgan fingerprint density at radius 1 is 1.19 bits per heavy atom. The van der Waals surface area contributed by atoms with Crippen LogP contribution >= 0.6 is 11.6 Å². The van der Waals surface area contributed by atoms with Crippen LogP contribution in [0.2, 0.25) is 5.15 Å². The van der Waals surface area contributed by atoms with Gasteiger partial charge < -0.3 is 9.32 Å². The molecule has 1 aliphatic rings. The van der Waals surface area contributed by atoms with E-state index < -0.39 is 49.3 Å². The molecule has 1 amide bonds. The number of alkyl halides is 3. The lowest BCUT2D eigenvalue weighted by Gasteiger charge is -2.33. The van der Waals surface area contributed by atoms with Gasteiger partial charge in [0, 0.05) is 37.1 Å². The van der Waals surface area contributed by atoms with Crippen molar-refractivity contribution in [3.05, 3.63) is 52.8 Å². The van der Waals surface area contributed by atoms with Gasteiger partial charge in [-0.2, -0.15) is 13.2 Å². The molecule has 3 aromatic rings. The summed E-state index contributed by atoms with van der Waals surface area (Å²) in [5.74, 6) is -2.53. The van der Waals surface area contributed by atoms with E-state index in [1.54, 1.807) is 4.72 Å². The third kappa shape index (κ3) is 4.04. The monoisotopic (exact) mass is 477 g/mol. The highest BCUT2D eigenvalue weighted by Crippen LogP contribution is 2.33. The summed E-state index contributed by atoms with van der Waals surface area (Å²) < 4.78 is 84.7. The number of nitrogens with zero attached hydrogens (tertiary/aromatic N) is 2. The van der Waals surface area contributed by atoms with Gasteiger partial charge in [0.25, 0.3) is 10.0 Å². The van der Waals surface area contributed by atoms with Crippen LogP contribution in [0, 0.1) is 5.82 Å². The van der Waals surface area contributed by atoms with Gasteiger partial charge in [-0.25, -0.2) is 22.5 Å². The summed E-state index contributed by atoms with van der Waals surface area (Å²) in [6.45, 7) is 1.48. The highest BCUT2D eigenvalue weighted by atomic mass is 35.5. The fraction of sp³-hybridized carbons (Fsp3) is 0.222. The van der Waals surface area contributed by atoms with Crippen LogP contribution in [0.3, 0.4) is 0 Å². The van der Waals surface area contributed by atoms with Gasteiger partial charge in [-0.1, -0.05) is 11.6 Å². The molecule has 3 heterocycles. The zero-order valence-corrected chi connectivity index (χ0v) is 16.9. The molecule has 0 bridgehead atoms. The number of amides is 1. The van der Waals surface area contributed by atoms with Crippen LogP contribution in [0.15, 0.2) is 39.8 Å². The predicted molar refractivity (Wildman–Crippen MR) is 102 cm³/mol. The van der Waals surface area contributed by atoms with Gasteiger partial charge in [0.05, 0.1) is 10.9 Å². The van der Waals surface area contributed by atoms with Crippen molar-refractivity contribution < 1.29 is 35.2 Å².